The molecule has 0 fully saturated rings. The second-order valence-electron chi connectivity index (χ2n) is 19.8. The van der Waals surface area contributed by atoms with Crippen LogP contribution in [0.4, 0.5) is 0 Å². The zero-order valence-corrected chi connectivity index (χ0v) is 41.8. The molecule has 61 heavy (non-hydrogen) atoms. The Bertz CT molecular complexity index is 931. The highest BCUT2D eigenvalue weighted by atomic mass is 16.6. The molecule has 0 N–H and O–H groups in total. The first-order chi connectivity index (χ1) is 29.7. The molecule has 0 aromatic carbocycles. The van der Waals surface area contributed by atoms with Crippen molar-refractivity contribution in [2.75, 3.05) is 13.2 Å². The molecule has 0 saturated carbocycles. The molecule has 0 radical (unpaired) electrons. The van der Waals surface area contributed by atoms with E-state index >= 15 is 0 Å². The van der Waals surface area contributed by atoms with Gasteiger partial charge in [0.2, 0.25) is 0 Å². The van der Waals surface area contributed by atoms with Gasteiger partial charge in [-0.3, -0.25) is 14.4 Å². The second kappa shape index (κ2) is 47.9. The van der Waals surface area contributed by atoms with E-state index in [-0.39, 0.29) is 31.1 Å². The zero-order chi connectivity index (χ0) is 44.7. The molecule has 0 aliphatic heterocycles. The van der Waals surface area contributed by atoms with Crippen molar-refractivity contribution in [1.82, 2.24) is 0 Å². The van der Waals surface area contributed by atoms with Gasteiger partial charge < -0.3 is 14.2 Å². The van der Waals surface area contributed by atoms with Crippen molar-refractivity contribution in [3.8, 4) is 0 Å². The second-order valence-corrected chi connectivity index (χ2v) is 19.8. The lowest BCUT2D eigenvalue weighted by atomic mass is 10.0. The molecule has 0 rings (SSSR count). The molecule has 0 aromatic heterocycles. The lowest BCUT2D eigenvalue weighted by Crippen LogP contribution is -2.30. The summed E-state index contributed by atoms with van der Waals surface area (Å²) in [5.74, 6) is 0.798. The summed E-state index contributed by atoms with van der Waals surface area (Å²) in [5, 5.41) is 0. The predicted molar refractivity (Wildman–Crippen MR) is 261 cm³/mol. The van der Waals surface area contributed by atoms with E-state index in [0.717, 1.165) is 69.6 Å². The van der Waals surface area contributed by atoms with E-state index in [1.165, 1.54) is 193 Å². The van der Waals surface area contributed by atoms with Gasteiger partial charge >= 0.3 is 17.9 Å². The van der Waals surface area contributed by atoms with E-state index in [0.29, 0.717) is 19.3 Å². The molecule has 0 heterocycles. The van der Waals surface area contributed by atoms with Gasteiger partial charge in [-0.2, -0.15) is 0 Å². The number of hydrogen-bond acceptors (Lipinski definition) is 6. The van der Waals surface area contributed by atoms with Crippen LogP contribution in [0, 0.1) is 11.8 Å². The third-order valence-corrected chi connectivity index (χ3v) is 12.5. The Morgan fingerprint density at radius 1 is 0.311 bits per heavy atom. The van der Waals surface area contributed by atoms with Gasteiger partial charge in [0.05, 0.1) is 0 Å². The molecule has 0 saturated heterocycles. The molecule has 0 unspecified atom stereocenters. The van der Waals surface area contributed by atoms with Crippen LogP contribution in [0.1, 0.15) is 304 Å². The van der Waals surface area contributed by atoms with Crippen molar-refractivity contribution in [3.05, 3.63) is 0 Å². The molecular weight excluding hydrogens is 757 g/mol. The van der Waals surface area contributed by atoms with Gasteiger partial charge in [-0.1, -0.05) is 266 Å². The fourth-order valence-electron chi connectivity index (χ4n) is 8.34. The van der Waals surface area contributed by atoms with Crippen LogP contribution in [0.25, 0.3) is 0 Å². The number of carbonyl (C=O) groups is 3. The summed E-state index contributed by atoms with van der Waals surface area (Å²) in [4.78, 5) is 38.0. The molecule has 6 nitrogen and oxygen atoms in total. The summed E-state index contributed by atoms with van der Waals surface area (Å²) in [7, 11) is 0. The third kappa shape index (κ3) is 49.3. The standard InChI is InChI=1S/C55H106O6/c1-6-7-8-9-10-11-12-13-14-15-16-19-25-30-35-40-45-53(56)59-48-52(61-55(58)47-42-37-32-27-22-21-24-29-34-39-44-51(4)5)49-60-54(57)46-41-36-31-26-20-17-18-23-28-33-38-43-50(2)3/h50-52H,6-49H2,1-5H3/t52-/m1/s1. The fourth-order valence-corrected chi connectivity index (χ4v) is 8.34. The van der Waals surface area contributed by atoms with Crippen LogP contribution in [0.2, 0.25) is 0 Å². The van der Waals surface area contributed by atoms with Crippen LogP contribution >= 0.6 is 0 Å². The maximum Gasteiger partial charge on any atom is 0.306 e. The van der Waals surface area contributed by atoms with Gasteiger partial charge in [-0.25, -0.2) is 0 Å². The summed E-state index contributed by atoms with van der Waals surface area (Å²) in [5.41, 5.74) is 0. The van der Waals surface area contributed by atoms with Crippen molar-refractivity contribution in [2.45, 2.75) is 310 Å². The molecule has 362 valence electrons. The maximum absolute atomic E-state index is 12.8. The summed E-state index contributed by atoms with van der Waals surface area (Å²) in [6.07, 6.45) is 49.5. The number of ether oxygens (including phenoxy) is 3. The Kier molecular flexibility index (Phi) is 46.6. The highest BCUT2D eigenvalue weighted by Gasteiger charge is 2.19. The summed E-state index contributed by atoms with van der Waals surface area (Å²) in [6, 6.07) is 0. The van der Waals surface area contributed by atoms with Crippen LogP contribution in [0.3, 0.4) is 0 Å². The number of hydrogen-bond donors (Lipinski definition) is 0. The van der Waals surface area contributed by atoms with Gasteiger partial charge in [0.1, 0.15) is 13.2 Å². The molecule has 0 aliphatic rings. The molecule has 0 amide bonds. The van der Waals surface area contributed by atoms with Crippen LogP contribution in [0.5, 0.6) is 0 Å². The van der Waals surface area contributed by atoms with E-state index in [1.807, 2.05) is 0 Å². The number of unbranched alkanes of at least 4 members (excludes halogenated alkanes) is 34. The third-order valence-electron chi connectivity index (χ3n) is 12.5. The van der Waals surface area contributed by atoms with E-state index < -0.39 is 6.10 Å². The first kappa shape index (κ1) is 59.4. The molecule has 0 bridgehead atoms. The normalized spacial score (nSPS) is 12.0. The molecule has 0 aromatic rings. The van der Waals surface area contributed by atoms with E-state index in [2.05, 4.69) is 34.6 Å². The number of carbonyl (C=O) groups excluding carboxylic acids is 3. The average molecular weight is 863 g/mol. The van der Waals surface area contributed by atoms with Crippen LogP contribution in [-0.2, 0) is 28.6 Å². The molecule has 0 aliphatic carbocycles. The monoisotopic (exact) mass is 863 g/mol. The van der Waals surface area contributed by atoms with Crippen molar-refractivity contribution < 1.29 is 28.6 Å². The summed E-state index contributed by atoms with van der Waals surface area (Å²) < 4.78 is 16.8. The Labute approximate surface area is 380 Å². The quantitative estimate of drug-likeness (QED) is 0.0344. The smallest absolute Gasteiger partial charge is 0.306 e. The average Bonchev–Trinajstić information content (AvgIpc) is 3.23. The first-order valence-electron chi connectivity index (χ1n) is 27.2. The van der Waals surface area contributed by atoms with Crippen molar-refractivity contribution in [3.63, 3.8) is 0 Å². The Morgan fingerprint density at radius 3 is 0.803 bits per heavy atom. The molecule has 0 spiro atoms. The lowest BCUT2D eigenvalue weighted by molar-refractivity contribution is -0.167. The van der Waals surface area contributed by atoms with Crippen LogP contribution in [-0.4, -0.2) is 37.2 Å². The van der Waals surface area contributed by atoms with Gasteiger partial charge in [0, 0.05) is 19.3 Å². The minimum atomic E-state index is -0.762. The van der Waals surface area contributed by atoms with Crippen molar-refractivity contribution in [1.29, 1.82) is 0 Å². The van der Waals surface area contributed by atoms with E-state index in [4.69, 9.17) is 14.2 Å². The summed E-state index contributed by atoms with van der Waals surface area (Å²) in [6.45, 7) is 11.4. The fraction of sp³-hybridized carbons (Fsp3) is 0.945. The Hall–Kier alpha value is -1.59. The largest absolute Gasteiger partial charge is 0.462 e. The zero-order valence-electron chi connectivity index (χ0n) is 41.8. The Balaban J connectivity index is 4.30. The summed E-state index contributed by atoms with van der Waals surface area (Å²) >= 11 is 0. The van der Waals surface area contributed by atoms with Crippen molar-refractivity contribution >= 4 is 17.9 Å². The maximum atomic E-state index is 12.8. The minimum absolute atomic E-state index is 0.0634. The van der Waals surface area contributed by atoms with E-state index in [1.54, 1.807) is 0 Å². The highest BCUT2D eigenvalue weighted by molar-refractivity contribution is 5.71. The van der Waals surface area contributed by atoms with Gasteiger partial charge in [0.15, 0.2) is 6.10 Å². The number of esters is 3. The van der Waals surface area contributed by atoms with Gasteiger partial charge in [0.25, 0.3) is 0 Å². The van der Waals surface area contributed by atoms with Crippen LogP contribution in [0.15, 0.2) is 0 Å². The molecular formula is C55H106O6. The topological polar surface area (TPSA) is 78.9 Å². The number of rotatable bonds is 49. The molecule has 1 atom stereocenters. The Morgan fingerprint density at radius 2 is 0.541 bits per heavy atom. The SMILES string of the molecule is CCCCCCCCCCCCCCCCCCC(=O)OC[C@H](COC(=O)CCCCCCCCCCCCCC(C)C)OC(=O)CCCCCCCCCCCCC(C)C. The highest BCUT2D eigenvalue weighted by Crippen LogP contribution is 2.18. The molecule has 6 heteroatoms. The predicted octanol–water partition coefficient (Wildman–Crippen LogP) is 17.7. The van der Waals surface area contributed by atoms with Gasteiger partial charge in [-0.05, 0) is 31.1 Å². The van der Waals surface area contributed by atoms with Gasteiger partial charge in [-0.15, -0.1) is 0 Å². The minimum Gasteiger partial charge on any atom is -0.462 e. The van der Waals surface area contributed by atoms with E-state index in [9.17, 15) is 14.4 Å². The van der Waals surface area contributed by atoms with Crippen LogP contribution < -0.4 is 0 Å². The lowest BCUT2D eigenvalue weighted by Gasteiger charge is -2.18. The first-order valence-corrected chi connectivity index (χ1v) is 27.2. The van der Waals surface area contributed by atoms with Crippen molar-refractivity contribution in [2.24, 2.45) is 11.8 Å².